The van der Waals surface area contributed by atoms with Crippen molar-refractivity contribution in [2.45, 2.75) is 38.8 Å². The Hall–Kier alpha value is -1.44. The average molecular weight is 430 g/mol. The van der Waals surface area contributed by atoms with Gasteiger partial charge in [-0.15, -0.1) is 23.2 Å². The van der Waals surface area contributed by atoms with E-state index < -0.39 is 17.6 Å². The van der Waals surface area contributed by atoms with Crippen LogP contribution < -0.4 is 14.9 Å². The number of anilines is 1. The summed E-state index contributed by atoms with van der Waals surface area (Å²) in [6.45, 7) is 6.67. The molecule has 0 bridgehead atoms. The summed E-state index contributed by atoms with van der Waals surface area (Å²) < 4.78 is 10.9. The fraction of sp³-hybridized carbons (Fsp3) is 0.579. The largest absolute Gasteiger partial charge is 0.496 e. The van der Waals surface area contributed by atoms with Crippen molar-refractivity contribution in [3.63, 3.8) is 0 Å². The van der Waals surface area contributed by atoms with Crippen molar-refractivity contribution in [1.29, 1.82) is 0 Å². The minimum Gasteiger partial charge on any atom is -0.496 e. The van der Waals surface area contributed by atoms with Gasteiger partial charge >= 0.3 is 5.97 Å². The lowest BCUT2D eigenvalue weighted by Gasteiger charge is -2.26. The third kappa shape index (κ3) is 8.29. The van der Waals surface area contributed by atoms with E-state index in [0.717, 1.165) is 11.3 Å². The molecule has 0 aromatic heterocycles. The van der Waals surface area contributed by atoms with Crippen LogP contribution in [0.3, 0.4) is 0 Å². The maximum absolute atomic E-state index is 12.6. The lowest BCUT2D eigenvalue weighted by molar-refractivity contribution is -0.156. The molecular weight excluding hydrogens is 402 g/mol. The Kier molecular flexibility index (Phi) is 10.7. The molecular formula is C19H28BCl2N2O4. The van der Waals surface area contributed by atoms with Crippen LogP contribution in [0.2, 0.25) is 0 Å². The van der Waals surface area contributed by atoms with E-state index in [1.54, 1.807) is 27.9 Å². The molecule has 0 saturated carbocycles. The van der Waals surface area contributed by atoms with E-state index in [-0.39, 0.29) is 6.42 Å². The highest BCUT2D eigenvalue weighted by molar-refractivity contribution is 6.64. The predicted octanol–water partition coefficient (Wildman–Crippen LogP) is 2.63. The van der Waals surface area contributed by atoms with E-state index in [1.165, 1.54) is 7.41 Å². The van der Waals surface area contributed by atoms with Gasteiger partial charge in [0.25, 0.3) is 7.41 Å². The van der Waals surface area contributed by atoms with Crippen LogP contribution in [0.1, 0.15) is 26.3 Å². The number of rotatable bonds is 12. The standard InChI is InChI=1S/C19H28BCl2N2O4/c1-19(2,3)28-18(26)16(23-20-13-25)12-14-11-15(5-6-17(14)27-4)24(9-7-21)10-8-22/h5-6,11,13,16,23H,7-10,12H2,1-4H3/t16-/m0/s1. The van der Waals surface area contributed by atoms with Gasteiger partial charge in [0.1, 0.15) is 17.4 Å². The number of carbonyl (C=O) groups is 2. The molecule has 28 heavy (non-hydrogen) atoms. The quantitative estimate of drug-likeness (QED) is 0.238. The van der Waals surface area contributed by atoms with Crippen LogP contribution in [0.25, 0.3) is 0 Å². The number of nitrogens with zero attached hydrogens (tertiary/aromatic N) is 1. The number of alkyl halides is 2. The molecule has 155 valence electrons. The van der Waals surface area contributed by atoms with Gasteiger partial charge in [0, 0.05) is 37.0 Å². The Labute approximate surface area is 178 Å². The molecule has 1 N–H and O–H groups in total. The van der Waals surface area contributed by atoms with Gasteiger partial charge < -0.3 is 24.4 Å². The molecule has 0 aliphatic rings. The summed E-state index contributed by atoms with van der Waals surface area (Å²) in [5.41, 5.74) is 1.10. The van der Waals surface area contributed by atoms with Crippen molar-refractivity contribution in [2.24, 2.45) is 0 Å². The highest BCUT2D eigenvalue weighted by atomic mass is 35.5. The van der Waals surface area contributed by atoms with E-state index in [0.29, 0.717) is 36.8 Å². The molecule has 0 fully saturated rings. The number of esters is 1. The van der Waals surface area contributed by atoms with Crippen molar-refractivity contribution in [3.05, 3.63) is 23.8 Å². The first kappa shape index (κ1) is 24.6. The molecule has 0 unspecified atom stereocenters. The van der Waals surface area contributed by atoms with Crippen LogP contribution in [-0.4, -0.2) is 63.2 Å². The maximum atomic E-state index is 12.6. The molecule has 1 radical (unpaired) electrons. The van der Waals surface area contributed by atoms with Crippen LogP contribution >= 0.6 is 23.2 Å². The minimum absolute atomic E-state index is 0.284. The zero-order chi connectivity index (χ0) is 21.2. The summed E-state index contributed by atoms with van der Waals surface area (Å²) in [5.74, 6) is 1.13. The second-order valence-electron chi connectivity index (χ2n) is 7.12. The van der Waals surface area contributed by atoms with E-state index in [1.807, 2.05) is 18.2 Å². The van der Waals surface area contributed by atoms with Gasteiger partial charge in [-0.25, -0.2) is 0 Å². The third-order valence-corrected chi connectivity index (χ3v) is 4.16. The number of hydrogen-bond acceptors (Lipinski definition) is 6. The molecule has 0 amide bonds. The highest BCUT2D eigenvalue weighted by Crippen LogP contribution is 2.27. The lowest BCUT2D eigenvalue weighted by Crippen LogP contribution is -2.44. The molecule has 1 aromatic carbocycles. The molecule has 0 heterocycles. The van der Waals surface area contributed by atoms with Crippen molar-refractivity contribution in [2.75, 3.05) is 36.9 Å². The van der Waals surface area contributed by atoms with Crippen LogP contribution in [0.15, 0.2) is 18.2 Å². The smallest absolute Gasteiger partial charge is 0.322 e. The Balaban J connectivity index is 3.15. The minimum atomic E-state index is -0.733. The van der Waals surface area contributed by atoms with Gasteiger partial charge in [-0.1, -0.05) is 0 Å². The second kappa shape index (κ2) is 12.2. The van der Waals surface area contributed by atoms with E-state index in [2.05, 4.69) is 10.1 Å². The van der Waals surface area contributed by atoms with Gasteiger partial charge in [0.05, 0.1) is 13.3 Å². The molecule has 9 heteroatoms. The number of ether oxygens (including phenoxy) is 2. The van der Waals surface area contributed by atoms with Crippen molar-refractivity contribution in [1.82, 2.24) is 5.23 Å². The first-order valence-electron chi connectivity index (χ1n) is 9.05. The molecule has 0 aliphatic carbocycles. The SMILES string of the molecule is COc1ccc(N(CCCl)CCCl)cc1C[C@H](N[B]C=O)C(=O)OC(C)(C)C. The summed E-state index contributed by atoms with van der Waals surface area (Å²) in [6, 6.07) is 4.98. The Morgan fingerprint density at radius 1 is 1.29 bits per heavy atom. The topological polar surface area (TPSA) is 67.9 Å². The third-order valence-electron chi connectivity index (χ3n) is 3.82. The molecule has 1 aromatic rings. The van der Waals surface area contributed by atoms with Gasteiger partial charge in [-0.3, -0.25) is 4.79 Å². The van der Waals surface area contributed by atoms with Crippen LogP contribution in [0.5, 0.6) is 5.75 Å². The Morgan fingerprint density at radius 3 is 2.43 bits per heavy atom. The van der Waals surface area contributed by atoms with E-state index >= 15 is 0 Å². The maximum Gasteiger partial charge on any atom is 0.322 e. The molecule has 1 atom stereocenters. The molecule has 0 spiro atoms. The monoisotopic (exact) mass is 429 g/mol. The van der Waals surface area contributed by atoms with Crippen molar-refractivity contribution >= 4 is 48.5 Å². The zero-order valence-corrected chi connectivity index (χ0v) is 18.3. The number of halogens is 2. The predicted molar refractivity (Wildman–Crippen MR) is 116 cm³/mol. The van der Waals surface area contributed by atoms with Crippen molar-refractivity contribution in [3.8, 4) is 5.75 Å². The first-order valence-corrected chi connectivity index (χ1v) is 10.1. The lowest BCUT2D eigenvalue weighted by atomic mass is 9.93. The molecule has 0 aliphatic heterocycles. The van der Waals surface area contributed by atoms with Crippen molar-refractivity contribution < 1.29 is 19.1 Å². The normalized spacial score (nSPS) is 12.2. The summed E-state index contributed by atoms with van der Waals surface area (Å²) in [7, 11) is 2.76. The Bertz CT molecular complexity index is 635. The number of methoxy groups -OCH3 is 1. The summed E-state index contributed by atoms with van der Waals surface area (Å²) in [4.78, 5) is 25.4. The number of carbonyl (C=O) groups excluding carboxylic acids is 2. The fourth-order valence-electron chi connectivity index (χ4n) is 2.65. The van der Waals surface area contributed by atoms with Gasteiger partial charge in [-0.2, -0.15) is 0 Å². The number of nitrogens with one attached hydrogen (secondary N) is 1. The average Bonchev–Trinajstić information content (AvgIpc) is 2.63. The Morgan fingerprint density at radius 2 is 1.93 bits per heavy atom. The van der Waals surface area contributed by atoms with Gasteiger partial charge in [0.15, 0.2) is 0 Å². The van der Waals surface area contributed by atoms with Gasteiger partial charge in [-0.05, 0) is 44.5 Å². The molecule has 0 saturated heterocycles. The second-order valence-corrected chi connectivity index (χ2v) is 7.88. The van der Waals surface area contributed by atoms with Crippen LogP contribution in [0, 0.1) is 0 Å². The van der Waals surface area contributed by atoms with E-state index in [9.17, 15) is 9.59 Å². The van der Waals surface area contributed by atoms with Crippen LogP contribution in [-0.2, 0) is 20.7 Å². The van der Waals surface area contributed by atoms with Gasteiger partial charge in [0.2, 0.25) is 0 Å². The summed E-state index contributed by atoms with van der Waals surface area (Å²) >= 11 is 11.8. The number of hydrogen-bond donors (Lipinski definition) is 1. The van der Waals surface area contributed by atoms with Crippen LogP contribution in [0.4, 0.5) is 5.69 Å². The summed E-state index contributed by atoms with van der Waals surface area (Å²) in [5, 5.41) is 2.81. The summed E-state index contributed by atoms with van der Waals surface area (Å²) in [6.07, 6.45) is 0.875. The number of benzene rings is 1. The molecule has 1 rings (SSSR count). The fourth-order valence-corrected chi connectivity index (χ4v) is 3.06. The first-order chi connectivity index (χ1) is 13.3. The van der Waals surface area contributed by atoms with E-state index in [4.69, 9.17) is 32.7 Å². The molecule has 6 nitrogen and oxygen atoms in total. The highest BCUT2D eigenvalue weighted by Gasteiger charge is 2.26. The zero-order valence-electron chi connectivity index (χ0n) is 16.8.